The molecule has 0 aromatic carbocycles. The number of piperazine rings is 1. The zero-order valence-electron chi connectivity index (χ0n) is 13.6. The molecule has 2 aromatic rings. The lowest BCUT2D eigenvalue weighted by molar-refractivity contribution is -0.138. The monoisotopic (exact) mass is 347 g/mol. The van der Waals surface area contributed by atoms with Gasteiger partial charge < -0.3 is 14.6 Å². The zero-order chi connectivity index (χ0) is 16.9. The first-order valence-electron chi connectivity index (χ1n) is 7.91. The summed E-state index contributed by atoms with van der Waals surface area (Å²) in [5, 5.41) is 6.88. The molecule has 2 amide bonds. The van der Waals surface area contributed by atoms with Gasteiger partial charge in [0.1, 0.15) is 0 Å². The highest BCUT2D eigenvalue weighted by atomic mass is 32.1. The first kappa shape index (κ1) is 16.7. The third kappa shape index (κ3) is 4.04. The Balaban J connectivity index is 1.63. The van der Waals surface area contributed by atoms with Crippen LogP contribution in [-0.4, -0.2) is 47.8 Å². The average molecular weight is 347 g/mol. The summed E-state index contributed by atoms with van der Waals surface area (Å²) in [6.45, 7) is 2.50. The summed E-state index contributed by atoms with van der Waals surface area (Å²) in [4.78, 5) is 28.5. The zero-order valence-corrected chi connectivity index (χ0v) is 14.4. The van der Waals surface area contributed by atoms with E-state index in [1.807, 2.05) is 27.8 Å². The van der Waals surface area contributed by atoms with E-state index in [-0.39, 0.29) is 18.2 Å². The molecule has 1 unspecified atom stereocenters. The van der Waals surface area contributed by atoms with E-state index in [1.165, 1.54) is 0 Å². The van der Waals surface area contributed by atoms with Gasteiger partial charge >= 0.3 is 0 Å². The fourth-order valence-electron chi connectivity index (χ4n) is 2.86. The summed E-state index contributed by atoms with van der Waals surface area (Å²) >= 11 is 1.61. The third-order valence-electron chi connectivity index (χ3n) is 4.20. The van der Waals surface area contributed by atoms with Gasteiger partial charge in [-0.15, -0.1) is 0 Å². The van der Waals surface area contributed by atoms with Crippen molar-refractivity contribution in [1.82, 2.24) is 15.1 Å². The molecule has 2 aromatic heterocycles. The summed E-state index contributed by atoms with van der Waals surface area (Å²) in [5.41, 5.74) is 2.12. The van der Waals surface area contributed by atoms with Crippen LogP contribution < -0.4 is 5.32 Å². The molecule has 128 valence electrons. The van der Waals surface area contributed by atoms with Crippen molar-refractivity contribution in [3.05, 3.63) is 46.5 Å². The molecule has 3 heterocycles. The predicted octanol–water partition coefficient (Wildman–Crippen LogP) is 1.69. The molecule has 0 spiro atoms. The van der Waals surface area contributed by atoms with Gasteiger partial charge in [0.2, 0.25) is 11.8 Å². The normalized spacial score (nSPS) is 18.4. The number of rotatable bonds is 6. The van der Waals surface area contributed by atoms with E-state index >= 15 is 0 Å². The molecule has 1 N–H and O–H groups in total. The molecule has 1 fully saturated rings. The first-order chi connectivity index (χ1) is 11.6. The van der Waals surface area contributed by atoms with Crippen LogP contribution in [0.15, 0.2) is 39.8 Å². The molecule has 24 heavy (non-hydrogen) atoms. The van der Waals surface area contributed by atoms with Gasteiger partial charge in [-0.3, -0.25) is 14.5 Å². The van der Waals surface area contributed by atoms with Crippen LogP contribution in [0.1, 0.15) is 17.5 Å². The minimum Gasteiger partial charge on any atom is -0.472 e. The van der Waals surface area contributed by atoms with Crippen molar-refractivity contribution in [2.75, 3.05) is 20.1 Å². The number of nitrogens with one attached hydrogen (secondary N) is 1. The molecule has 3 rings (SSSR count). The van der Waals surface area contributed by atoms with Gasteiger partial charge in [-0.1, -0.05) is 0 Å². The molecule has 1 saturated heterocycles. The van der Waals surface area contributed by atoms with Crippen molar-refractivity contribution >= 4 is 23.2 Å². The molecule has 0 radical (unpaired) electrons. The molecule has 1 atom stereocenters. The smallest absolute Gasteiger partial charge is 0.237 e. The molecule has 0 bridgehead atoms. The minimum atomic E-state index is -0.439. The number of carbonyl (C=O) groups is 2. The van der Waals surface area contributed by atoms with Crippen LogP contribution in [0.4, 0.5) is 0 Å². The Kier molecular flexibility index (Phi) is 5.32. The molecule has 0 aliphatic carbocycles. The van der Waals surface area contributed by atoms with E-state index in [0.29, 0.717) is 19.6 Å². The Hall–Kier alpha value is -2.12. The van der Waals surface area contributed by atoms with Crippen LogP contribution in [-0.2, 0) is 22.7 Å². The van der Waals surface area contributed by atoms with E-state index in [0.717, 1.165) is 17.7 Å². The fraction of sp³-hybridized carbons (Fsp3) is 0.412. The summed E-state index contributed by atoms with van der Waals surface area (Å²) in [5.74, 6) is -0.109. The quantitative estimate of drug-likeness (QED) is 0.864. The SMILES string of the molecule is CN(Cc1ccsc1)C(=O)CC1C(=O)NCCN1Cc1ccoc1. The van der Waals surface area contributed by atoms with E-state index in [9.17, 15) is 9.59 Å². The Bertz CT molecular complexity index is 669. The van der Waals surface area contributed by atoms with Crippen LogP contribution in [0.3, 0.4) is 0 Å². The standard InChI is InChI=1S/C17H21N3O3S/c1-19(9-14-3-7-24-12-14)16(21)8-15-17(22)18-4-5-20(15)10-13-2-6-23-11-13/h2-3,6-7,11-12,15H,4-5,8-10H2,1H3,(H,18,22). The second kappa shape index (κ2) is 7.63. The maximum atomic E-state index is 12.5. The van der Waals surface area contributed by atoms with Crippen LogP contribution in [0.5, 0.6) is 0 Å². The van der Waals surface area contributed by atoms with E-state index in [1.54, 1.807) is 35.8 Å². The Morgan fingerprint density at radius 1 is 1.46 bits per heavy atom. The Morgan fingerprint density at radius 2 is 2.33 bits per heavy atom. The highest BCUT2D eigenvalue weighted by molar-refractivity contribution is 7.07. The number of hydrogen-bond donors (Lipinski definition) is 1. The van der Waals surface area contributed by atoms with Gasteiger partial charge in [0, 0.05) is 38.8 Å². The van der Waals surface area contributed by atoms with Crippen molar-refractivity contribution in [3.63, 3.8) is 0 Å². The first-order valence-corrected chi connectivity index (χ1v) is 8.85. The summed E-state index contributed by atoms with van der Waals surface area (Å²) in [6, 6.07) is 3.45. The van der Waals surface area contributed by atoms with Crippen molar-refractivity contribution in [3.8, 4) is 0 Å². The molecule has 1 aliphatic rings. The molecule has 7 heteroatoms. The largest absolute Gasteiger partial charge is 0.472 e. The Labute approximate surface area is 145 Å². The highest BCUT2D eigenvalue weighted by Crippen LogP contribution is 2.16. The lowest BCUT2D eigenvalue weighted by Gasteiger charge is -2.35. The van der Waals surface area contributed by atoms with E-state index < -0.39 is 6.04 Å². The van der Waals surface area contributed by atoms with Crippen LogP contribution >= 0.6 is 11.3 Å². The van der Waals surface area contributed by atoms with Crippen molar-refractivity contribution in [2.45, 2.75) is 25.6 Å². The van der Waals surface area contributed by atoms with Gasteiger partial charge in [-0.25, -0.2) is 0 Å². The number of nitrogens with zero attached hydrogens (tertiary/aromatic N) is 2. The van der Waals surface area contributed by atoms with Gasteiger partial charge in [-0.05, 0) is 28.5 Å². The maximum absolute atomic E-state index is 12.5. The van der Waals surface area contributed by atoms with Gasteiger partial charge in [0.25, 0.3) is 0 Å². The van der Waals surface area contributed by atoms with Crippen LogP contribution in [0, 0.1) is 0 Å². The Morgan fingerprint density at radius 3 is 3.04 bits per heavy atom. The van der Waals surface area contributed by atoms with Crippen molar-refractivity contribution < 1.29 is 14.0 Å². The van der Waals surface area contributed by atoms with Crippen molar-refractivity contribution in [2.24, 2.45) is 0 Å². The topological polar surface area (TPSA) is 65.8 Å². The summed E-state index contributed by atoms with van der Waals surface area (Å²) in [6.07, 6.45) is 3.48. The molecule has 6 nitrogen and oxygen atoms in total. The van der Waals surface area contributed by atoms with Crippen molar-refractivity contribution in [1.29, 1.82) is 0 Å². The number of carbonyl (C=O) groups excluding carboxylic acids is 2. The van der Waals surface area contributed by atoms with Crippen LogP contribution in [0.25, 0.3) is 0 Å². The van der Waals surface area contributed by atoms with E-state index in [2.05, 4.69) is 5.32 Å². The molecule has 0 saturated carbocycles. The second-order valence-corrected chi connectivity index (χ2v) is 6.77. The molecule has 1 aliphatic heterocycles. The highest BCUT2D eigenvalue weighted by Gasteiger charge is 2.32. The number of amides is 2. The van der Waals surface area contributed by atoms with Gasteiger partial charge in [0.05, 0.1) is 25.0 Å². The van der Waals surface area contributed by atoms with E-state index in [4.69, 9.17) is 4.42 Å². The third-order valence-corrected chi connectivity index (χ3v) is 4.93. The predicted molar refractivity (Wildman–Crippen MR) is 91.3 cm³/mol. The summed E-state index contributed by atoms with van der Waals surface area (Å²) < 4.78 is 5.09. The lowest BCUT2D eigenvalue weighted by atomic mass is 10.1. The fourth-order valence-corrected chi connectivity index (χ4v) is 3.52. The lowest BCUT2D eigenvalue weighted by Crippen LogP contribution is -2.56. The number of furan rings is 1. The maximum Gasteiger partial charge on any atom is 0.237 e. The molecular weight excluding hydrogens is 326 g/mol. The second-order valence-electron chi connectivity index (χ2n) is 5.99. The minimum absolute atomic E-state index is 0.0274. The van der Waals surface area contributed by atoms with Gasteiger partial charge in [-0.2, -0.15) is 11.3 Å². The van der Waals surface area contributed by atoms with Gasteiger partial charge in [0.15, 0.2) is 0 Å². The molecular formula is C17H21N3O3S. The summed E-state index contributed by atoms with van der Waals surface area (Å²) in [7, 11) is 1.78. The van der Waals surface area contributed by atoms with Crippen LogP contribution in [0.2, 0.25) is 0 Å². The average Bonchev–Trinajstić information content (AvgIpc) is 3.24. The number of thiophene rings is 1. The number of hydrogen-bond acceptors (Lipinski definition) is 5.